The van der Waals surface area contributed by atoms with Crippen LogP contribution in [0.2, 0.25) is 10.0 Å². The lowest BCUT2D eigenvalue weighted by molar-refractivity contribution is 0.464. The molecule has 1 heterocycles. The Morgan fingerprint density at radius 3 is 2.36 bits per heavy atom. The molecule has 1 aliphatic rings. The summed E-state index contributed by atoms with van der Waals surface area (Å²) in [5, 5.41) is 3.82. The van der Waals surface area contributed by atoms with Gasteiger partial charge in [0, 0.05) is 5.69 Å². The Morgan fingerprint density at radius 1 is 1.08 bits per heavy atom. The van der Waals surface area contributed by atoms with Crippen molar-refractivity contribution in [2.75, 3.05) is 25.1 Å². The molecular formula is C16H17Cl2N4O2S+. The molecule has 0 radical (unpaired) electrons. The lowest BCUT2D eigenvalue weighted by atomic mass is 10.2. The predicted octanol–water partition coefficient (Wildman–Crippen LogP) is 3.35. The second kappa shape index (κ2) is 6.10. The normalized spacial score (nSPS) is 15.8. The average Bonchev–Trinajstić information content (AvgIpc) is 2.53. The van der Waals surface area contributed by atoms with Crippen LogP contribution in [0.4, 0.5) is 17.1 Å². The maximum Gasteiger partial charge on any atom is 0.265 e. The van der Waals surface area contributed by atoms with E-state index in [1.54, 1.807) is 18.3 Å². The van der Waals surface area contributed by atoms with E-state index >= 15 is 0 Å². The van der Waals surface area contributed by atoms with Crippen molar-refractivity contribution in [2.45, 2.75) is 4.90 Å². The minimum absolute atomic E-state index is 0.0793. The lowest BCUT2D eigenvalue weighted by Gasteiger charge is -2.36. The van der Waals surface area contributed by atoms with Crippen LogP contribution in [-0.2, 0) is 10.0 Å². The summed E-state index contributed by atoms with van der Waals surface area (Å²) in [5.74, 6) is 0.397. The zero-order valence-electron chi connectivity index (χ0n) is 13.5. The molecule has 1 aliphatic heterocycles. The standard InChI is InChI=1S/C16H17Cl2N4O2S/c1-22(2)14(9-20-13-8-7-12(17)15(18)16(13)22)21-25(23,24)11-5-3-10(19)4-6-11/h3-9,20-21H,19H2,1-2H3/q+1. The molecule has 6 nitrogen and oxygen atoms in total. The van der Waals surface area contributed by atoms with E-state index in [2.05, 4.69) is 10.0 Å². The van der Waals surface area contributed by atoms with Crippen molar-refractivity contribution in [1.29, 1.82) is 0 Å². The summed E-state index contributed by atoms with van der Waals surface area (Å²) >= 11 is 12.5. The SMILES string of the molecule is C[N+]1(C)C(NS(=O)(=O)c2ccc(N)cc2)=CNc2ccc(Cl)c(Cl)c21. The van der Waals surface area contributed by atoms with Crippen LogP contribution in [0.15, 0.2) is 53.3 Å². The molecule has 0 spiro atoms. The lowest BCUT2D eigenvalue weighted by Crippen LogP contribution is -2.49. The number of nitrogens with two attached hydrogens (primary N) is 1. The fourth-order valence-corrected chi connectivity index (χ4v) is 4.32. The van der Waals surface area contributed by atoms with Crippen molar-refractivity contribution in [3.63, 3.8) is 0 Å². The first-order chi connectivity index (χ1) is 11.6. The third kappa shape index (κ3) is 3.16. The van der Waals surface area contributed by atoms with Gasteiger partial charge in [0.2, 0.25) is 5.82 Å². The average molecular weight is 400 g/mol. The molecule has 0 fully saturated rings. The molecule has 132 valence electrons. The molecular weight excluding hydrogens is 383 g/mol. The Balaban J connectivity index is 2.00. The molecule has 9 heteroatoms. The highest BCUT2D eigenvalue weighted by Gasteiger charge is 2.37. The maximum absolute atomic E-state index is 12.7. The molecule has 0 aromatic heterocycles. The first kappa shape index (κ1) is 17.9. The minimum Gasteiger partial charge on any atom is -0.399 e. The fraction of sp³-hybridized carbons (Fsp3) is 0.125. The zero-order chi connectivity index (χ0) is 18.4. The summed E-state index contributed by atoms with van der Waals surface area (Å²) in [5.41, 5.74) is 7.54. The number of quaternary nitrogens is 1. The Kier molecular flexibility index (Phi) is 4.36. The van der Waals surface area contributed by atoms with Crippen LogP contribution in [0.1, 0.15) is 0 Å². The smallest absolute Gasteiger partial charge is 0.265 e. The number of hydrogen-bond donors (Lipinski definition) is 3. The van der Waals surface area contributed by atoms with Crippen LogP contribution in [-0.4, -0.2) is 22.5 Å². The quantitative estimate of drug-likeness (QED) is 0.545. The summed E-state index contributed by atoms with van der Waals surface area (Å²) in [6.45, 7) is 0. The molecule has 2 aromatic rings. The molecule has 2 aromatic carbocycles. The van der Waals surface area contributed by atoms with Crippen LogP contribution < -0.4 is 20.3 Å². The Morgan fingerprint density at radius 2 is 1.72 bits per heavy atom. The van der Waals surface area contributed by atoms with Gasteiger partial charge in [-0.15, -0.1) is 0 Å². The van der Waals surface area contributed by atoms with E-state index in [9.17, 15) is 8.42 Å². The van der Waals surface area contributed by atoms with E-state index in [4.69, 9.17) is 28.9 Å². The maximum atomic E-state index is 12.7. The van der Waals surface area contributed by atoms with E-state index < -0.39 is 10.0 Å². The highest BCUT2D eigenvalue weighted by Crippen LogP contribution is 2.44. The Bertz CT molecular complexity index is 970. The van der Waals surface area contributed by atoms with Gasteiger partial charge in [0.05, 0.1) is 30.2 Å². The van der Waals surface area contributed by atoms with Crippen LogP contribution in [0.3, 0.4) is 0 Å². The zero-order valence-corrected chi connectivity index (χ0v) is 15.9. The number of anilines is 2. The number of hydrogen-bond acceptors (Lipinski definition) is 4. The summed E-state index contributed by atoms with van der Waals surface area (Å²) in [4.78, 5) is 0.116. The second-order valence-corrected chi connectivity index (χ2v) is 8.53. The first-order valence-corrected chi connectivity index (χ1v) is 9.55. The highest BCUT2D eigenvalue weighted by atomic mass is 35.5. The van der Waals surface area contributed by atoms with Crippen LogP contribution in [0.5, 0.6) is 0 Å². The number of fused-ring (bicyclic) bond motifs is 1. The van der Waals surface area contributed by atoms with Gasteiger partial charge in [-0.25, -0.2) is 17.6 Å². The molecule has 0 saturated carbocycles. The van der Waals surface area contributed by atoms with E-state index in [1.807, 2.05) is 14.1 Å². The third-order valence-electron chi connectivity index (χ3n) is 4.02. The van der Waals surface area contributed by atoms with E-state index in [0.29, 0.717) is 27.2 Å². The van der Waals surface area contributed by atoms with Gasteiger partial charge < -0.3 is 11.1 Å². The highest BCUT2D eigenvalue weighted by molar-refractivity contribution is 7.89. The van der Waals surface area contributed by atoms with Crippen molar-refractivity contribution in [3.8, 4) is 0 Å². The number of halogens is 2. The van der Waals surface area contributed by atoms with Crippen LogP contribution >= 0.6 is 23.2 Å². The molecule has 0 atom stereocenters. The number of rotatable bonds is 3. The summed E-state index contributed by atoms with van der Waals surface area (Å²) in [6, 6.07) is 9.46. The summed E-state index contributed by atoms with van der Waals surface area (Å²) < 4.78 is 28.0. The third-order valence-corrected chi connectivity index (χ3v) is 6.19. The molecule has 0 saturated heterocycles. The van der Waals surface area contributed by atoms with Gasteiger partial charge in [-0.05, 0) is 36.4 Å². The number of nitrogens with zero attached hydrogens (tertiary/aromatic N) is 1. The van der Waals surface area contributed by atoms with Gasteiger partial charge >= 0.3 is 0 Å². The van der Waals surface area contributed by atoms with Gasteiger partial charge in [0.15, 0.2) is 5.69 Å². The number of sulfonamides is 1. The second-order valence-electron chi connectivity index (χ2n) is 6.06. The van der Waals surface area contributed by atoms with Crippen LogP contribution in [0.25, 0.3) is 0 Å². The van der Waals surface area contributed by atoms with E-state index in [0.717, 1.165) is 5.69 Å². The van der Waals surface area contributed by atoms with Gasteiger partial charge in [-0.1, -0.05) is 23.2 Å². The minimum atomic E-state index is -3.78. The molecule has 0 amide bonds. The Labute approximate surface area is 156 Å². The largest absolute Gasteiger partial charge is 0.399 e. The topological polar surface area (TPSA) is 84.2 Å². The number of nitrogen functional groups attached to an aromatic ring is 1. The van der Waals surface area contributed by atoms with Crippen LogP contribution in [0, 0.1) is 0 Å². The van der Waals surface area contributed by atoms with Crippen molar-refractivity contribution >= 4 is 50.3 Å². The molecule has 25 heavy (non-hydrogen) atoms. The van der Waals surface area contributed by atoms with E-state index in [-0.39, 0.29) is 9.38 Å². The molecule has 3 rings (SSSR count). The number of benzene rings is 2. The predicted molar refractivity (Wildman–Crippen MR) is 103 cm³/mol. The molecule has 4 N–H and O–H groups in total. The van der Waals surface area contributed by atoms with Gasteiger partial charge in [-0.3, -0.25) is 0 Å². The Hall–Kier alpha value is -1.93. The van der Waals surface area contributed by atoms with Crippen molar-refractivity contribution in [3.05, 3.63) is 58.5 Å². The summed E-state index contributed by atoms with van der Waals surface area (Å²) in [6.07, 6.45) is 1.60. The molecule has 0 unspecified atom stereocenters. The fourth-order valence-electron chi connectivity index (χ4n) is 2.62. The molecule has 0 bridgehead atoms. The van der Waals surface area contributed by atoms with Crippen molar-refractivity contribution in [1.82, 2.24) is 9.21 Å². The molecule has 0 aliphatic carbocycles. The van der Waals surface area contributed by atoms with E-state index in [1.165, 1.54) is 24.3 Å². The summed E-state index contributed by atoms with van der Waals surface area (Å²) in [7, 11) is -0.141. The monoisotopic (exact) mass is 399 g/mol. The van der Waals surface area contributed by atoms with Gasteiger partial charge in [0.25, 0.3) is 10.0 Å². The van der Waals surface area contributed by atoms with Gasteiger partial charge in [-0.2, -0.15) is 0 Å². The first-order valence-electron chi connectivity index (χ1n) is 7.31. The van der Waals surface area contributed by atoms with Gasteiger partial charge in [0.1, 0.15) is 10.7 Å². The van der Waals surface area contributed by atoms with Crippen molar-refractivity contribution < 1.29 is 8.42 Å². The number of nitrogens with one attached hydrogen (secondary N) is 2. The van der Waals surface area contributed by atoms with Crippen molar-refractivity contribution in [2.24, 2.45) is 0 Å².